The molecule has 1 aromatic carbocycles. The molecule has 1 amide bonds. The fraction of sp³-hybridized carbons (Fsp3) is 0.500. The molecule has 9 heteroatoms. The monoisotopic (exact) mass is 352 g/mol. The van der Waals surface area contributed by atoms with E-state index in [-0.39, 0.29) is 36.8 Å². The molecular formula is C16H20N2O7. The summed E-state index contributed by atoms with van der Waals surface area (Å²) < 4.78 is 10.1. The van der Waals surface area contributed by atoms with Gasteiger partial charge in [0, 0.05) is 30.7 Å². The summed E-state index contributed by atoms with van der Waals surface area (Å²) in [7, 11) is 0. The van der Waals surface area contributed by atoms with E-state index in [0.717, 1.165) is 0 Å². The van der Waals surface area contributed by atoms with Crippen molar-refractivity contribution >= 4 is 17.7 Å². The highest BCUT2D eigenvalue weighted by Gasteiger charge is 2.47. The van der Waals surface area contributed by atoms with Crippen LogP contribution >= 0.6 is 0 Å². The third-order valence-corrected chi connectivity index (χ3v) is 4.19. The molecule has 0 aromatic heterocycles. The molecule has 1 aliphatic heterocycles. The second kappa shape index (κ2) is 7.93. The maximum absolute atomic E-state index is 11.8. The smallest absolute Gasteiger partial charge is 0.430 e. The topological polar surface area (TPSA) is 128 Å². The lowest BCUT2D eigenvalue weighted by atomic mass is 9.79. The molecule has 25 heavy (non-hydrogen) atoms. The molecular weight excluding hydrogens is 332 g/mol. The molecule has 2 unspecified atom stereocenters. The number of nitro groups is 1. The molecule has 0 saturated carbocycles. The molecule has 1 aromatic rings. The number of carbonyl (C=O) groups excluding carboxylic acids is 2. The highest BCUT2D eigenvalue weighted by Crippen LogP contribution is 2.27. The SMILES string of the molecule is CC(CO)[C@@H]1NC(=O)[C@H]1C(C)OC(=O)OCc1ccc([N+](=O)[O-])cc1. The minimum absolute atomic E-state index is 0.0556. The molecule has 0 radical (unpaired) electrons. The Hall–Kier alpha value is -2.68. The Balaban J connectivity index is 1.83. The first kappa shape index (κ1) is 18.7. The lowest BCUT2D eigenvalue weighted by Crippen LogP contribution is -2.65. The highest BCUT2D eigenvalue weighted by atomic mass is 16.7. The van der Waals surface area contributed by atoms with Gasteiger partial charge in [0.05, 0.1) is 10.8 Å². The van der Waals surface area contributed by atoms with Crippen molar-refractivity contribution in [3.63, 3.8) is 0 Å². The Morgan fingerprint density at radius 3 is 2.52 bits per heavy atom. The van der Waals surface area contributed by atoms with Crippen molar-refractivity contribution in [2.75, 3.05) is 6.61 Å². The Morgan fingerprint density at radius 1 is 1.36 bits per heavy atom. The van der Waals surface area contributed by atoms with Gasteiger partial charge in [-0.3, -0.25) is 14.9 Å². The Kier molecular flexibility index (Phi) is 5.92. The number of non-ortho nitro benzene ring substituents is 1. The van der Waals surface area contributed by atoms with Crippen LogP contribution in [0.1, 0.15) is 19.4 Å². The third kappa shape index (κ3) is 4.44. The van der Waals surface area contributed by atoms with Gasteiger partial charge in [-0.15, -0.1) is 0 Å². The van der Waals surface area contributed by atoms with Gasteiger partial charge in [-0.05, 0) is 24.6 Å². The molecule has 0 bridgehead atoms. The summed E-state index contributed by atoms with van der Waals surface area (Å²) in [6.07, 6.45) is -1.63. The van der Waals surface area contributed by atoms with E-state index in [4.69, 9.17) is 9.47 Å². The second-order valence-electron chi connectivity index (χ2n) is 6.01. The van der Waals surface area contributed by atoms with E-state index < -0.39 is 23.1 Å². The zero-order chi connectivity index (χ0) is 18.6. The first-order chi connectivity index (χ1) is 11.8. The maximum atomic E-state index is 11.8. The van der Waals surface area contributed by atoms with Crippen LogP contribution in [0.15, 0.2) is 24.3 Å². The average Bonchev–Trinajstić information content (AvgIpc) is 2.57. The Morgan fingerprint density at radius 2 is 2.00 bits per heavy atom. The van der Waals surface area contributed by atoms with Crippen LogP contribution in [0, 0.1) is 22.0 Å². The van der Waals surface area contributed by atoms with E-state index in [1.165, 1.54) is 24.3 Å². The molecule has 136 valence electrons. The van der Waals surface area contributed by atoms with Crippen molar-refractivity contribution in [3.8, 4) is 0 Å². The van der Waals surface area contributed by atoms with Crippen molar-refractivity contribution < 1.29 is 29.1 Å². The highest BCUT2D eigenvalue weighted by molar-refractivity contribution is 5.86. The van der Waals surface area contributed by atoms with Crippen LogP contribution in [0.3, 0.4) is 0 Å². The minimum Gasteiger partial charge on any atom is -0.430 e. The zero-order valence-corrected chi connectivity index (χ0v) is 13.9. The van der Waals surface area contributed by atoms with Crippen LogP contribution in [-0.4, -0.2) is 40.8 Å². The number of aliphatic hydroxyl groups is 1. The first-order valence-corrected chi connectivity index (χ1v) is 7.81. The molecule has 1 aliphatic rings. The number of rotatable bonds is 7. The first-order valence-electron chi connectivity index (χ1n) is 7.81. The van der Waals surface area contributed by atoms with Gasteiger partial charge < -0.3 is 19.9 Å². The van der Waals surface area contributed by atoms with Gasteiger partial charge in [0.15, 0.2) is 0 Å². The fourth-order valence-corrected chi connectivity index (χ4v) is 2.65. The van der Waals surface area contributed by atoms with E-state index in [0.29, 0.717) is 5.56 Å². The van der Waals surface area contributed by atoms with Crippen molar-refractivity contribution in [2.45, 2.75) is 32.6 Å². The Bertz CT molecular complexity index is 646. The molecule has 9 nitrogen and oxygen atoms in total. The van der Waals surface area contributed by atoms with Crippen molar-refractivity contribution in [3.05, 3.63) is 39.9 Å². The summed E-state index contributed by atoms with van der Waals surface area (Å²) in [5, 5.41) is 22.4. The van der Waals surface area contributed by atoms with Gasteiger partial charge in [0.2, 0.25) is 5.91 Å². The fourth-order valence-electron chi connectivity index (χ4n) is 2.65. The lowest BCUT2D eigenvalue weighted by molar-refractivity contribution is -0.384. The van der Waals surface area contributed by atoms with Crippen LogP contribution in [0.4, 0.5) is 10.5 Å². The van der Waals surface area contributed by atoms with Gasteiger partial charge in [-0.2, -0.15) is 0 Å². The normalized spacial score (nSPS) is 21.5. The van der Waals surface area contributed by atoms with Gasteiger partial charge >= 0.3 is 6.16 Å². The summed E-state index contributed by atoms with van der Waals surface area (Å²) in [5.74, 6) is -0.917. The summed E-state index contributed by atoms with van der Waals surface area (Å²) in [4.78, 5) is 33.5. The average molecular weight is 352 g/mol. The molecule has 1 saturated heterocycles. The number of ether oxygens (including phenoxy) is 2. The maximum Gasteiger partial charge on any atom is 0.508 e. The predicted molar refractivity (Wildman–Crippen MR) is 85.5 cm³/mol. The standard InChI is InChI=1S/C16H20N2O7/c1-9(7-19)14-13(15(20)17-14)10(2)25-16(21)24-8-11-3-5-12(6-4-11)18(22)23/h3-6,9-10,13-14,19H,7-8H2,1-2H3,(H,17,20)/t9?,10?,13-,14-/m0/s1. The van der Waals surface area contributed by atoms with Gasteiger partial charge in [0.25, 0.3) is 5.69 Å². The molecule has 1 fully saturated rings. The summed E-state index contributed by atoms with van der Waals surface area (Å²) in [6.45, 7) is 3.19. The van der Waals surface area contributed by atoms with Crippen LogP contribution < -0.4 is 5.32 Å². The zero-order valence-electron chi connectivity index (χ0n) is 13.9. The summed E-state index contributed by atoms with van der Waals surface area (Å²) in [5.41, 5.74) is 0.517. The van der Waals surface area contributed by atoms with Gasteiger partial charge in [-0.1, -0.05) is 6.92 Å². The van der Waals surface area contributed by atoms with E-state index >= 15 is 0 Å². The van der Waals surface area contributed by atoms with E-state index in [1.54, 1.807) is 13.8 Å². The van der Waals surface area contributed by atoms with E-state index in [1.807, 2.05) is 0 Å². The van der Waals surface area contributed by atoms with Crippen LogP contribution in [-0.2, 0) is 20.9 Å². The van der Waals surface area contributed by atoms with Crippen LogP contribution in [0.2, 0.25) is 0 Å². The number of nitrogens with zero attached hydrogens (tertiary/aromatic N) is 1. The minimum atomic E-state index is -0.930. The number of β-lactam (4-membered cyclic amide) rings is 1. The third-order valence-electron chi connectivity index (χ3n) is 4.19. The molecule has 4 atom stereocenters. The van der Waals surface area contributed by atoms with Gasteiger partial charge in [-0.25, -0.2) is 4.79 Å². The molecule has 2 N–H and O–H groups in total. The number of aliphatic hydroxyl groups excluding tert-OH is 1. The quantitative estimate of drug-likeness (QED) is 0.328. The van der Waals surface area contributed by atoms with Crippen molar-refractivity contribution in [1.82, 2.24) is 5.32 Å². The molecule has 0 aliphatic carbocycles. The number of nitrogens with one attached hydrogen (secondary N) is 1. The number of hydrogen-bond donors (Lipinski definition) is 2. The Labute approximate surface area is 144 Å². The number of carbonyl (C=O) groups is 2. The largest absolute Gasteiger partial charge is 0.508 e. The molecule has 2 rings (SSSR count). The number of hydrogen-bond acceptors (Lipinski definition) is 7. The number of benzene rings is 1. The summed E-state index contributed by atoms with van der Waals surface area (Å²) >= 11 is 0. The van der Waals surface area contributed by atoms with Crippen LogP contribution in [0.25, 0.3) is 0 Å². The van der Waals surface area contributed by atoms with E-state index in [9.17, 15) is 24.8 Å². The second-order valence-corrected chi connectivity index (χ2v) is 6.01. The number of amides is 1. The van der Waals surface area contributed by atoms with Crippen LogP contribution in [0.5, 0.6) is 0 Å². The van der Waals surface area contributed by atoms with E-state index in [2.05, 4.69) is 5.32 Å². The lowest BCUT2D eigenvalue weighted by Gasteiger charge is -2.42. The van der Waals surface area contributed by atoms with Gasteiger partial charge in [0.1, 0.15) is 12.7 Å². The molecule has 1 heterocycles. The predicted octanol–water partition coefficient (Wildman–Crippen LogP) is 1.38. The number of nitro benzene ring substituents is 1. The molecule has 0 spiro atoms. The van der Waals surface area contributed by atoms with Crippen molar-refractivity contribution in [1.29, 1.82) is 0 Å². The van der Waals surface area contributed by atoms with Crippen molar-refractivity contribution in [2.24, 2.45) is 11.8 Å². The summed E-state index contributed by atoms with van der Waals surface area (Å²) in [6, 6.07) is 5.33.